The van der Waals surface area contributed by atoms with Crippen LogP contribution in [0.4, 0.5) is 4.79 Å². The third kappa shape index (κ3) is 5.09. The fourth-order valence-corrected chi connectivity index (χ4v) is 0.452. The Balaban J connectivity index is 3.51. The monoisotopic (exact) mass is 153 g/mol. The van der Waals surface area contributed by atoms with Crippen molar-refractivity contribution in [3.8, 4) is 0 Å². The van der Waals surface area contributed by atoms with Gasteiger partial charge in [-0.3, -0.25) is 0 Å². The second-order valence-electron chi connectivity index (χ2n) is 1.09. The first-order valence-corrected chi connectivity index (χ1v) is 3.42. The van der Waals surface area contributed by atoms with Gasteiger partial charge < -0.3 is 4.74 Å². The Morgan fingerprint density at radius 3 is 2.56 bits per heavy atom. The van der Waals surface area contributed by atoms with Gasteiger partial charge in [-0.05, 0) is 6.92 Å². The average molecular weight is 153 g/mol. The molecule has 0 unspecified atom stereocenters. The van der Waals surface area contributed by atoms with Crippen molar-refractivity contribution in [3.05, 3.63) is 0 Å². The lowest BCUT2D eigenvalue weighted by Gasteiger charge is -1.95. The van der Waals surface area contributed by atoms with Crippen molar-refractivity contribution >= 4 is 17.0 Å². The van der Waals surface area contributed by atoms with E-state index in [2.05, 4.69) is 4.74 Å². The molecule has 0 saturated heterocycles. The van der Waals surface area contributed by atoms with E-state index in [1.165, 1.54) is 4.72 Å². The predicted molar refractivity (Wildman–Crippen MR) is 30.5 cm³/mol. The van der Waals surface area contributed by atoms with Crippen molar-refractivity contribution in [2.24, 2.45) is 0 Å². The Morgan fingerprint density at radius 1 is 1.67 bits per heavy atom. The third-order valence-electron chi connectivity index (χ3n) is 0.458. The molecule has 0 aromatic rings. The van der Waals surface area contributed by atoms with Crippen LogP contribution in [0, 0.1) is 0 Å². The first-order valence-electron chi connectivity index (χ1n) is 2.24. The van der Waals surface area contributed by atoms with Crippen LogP contribution in [0.2, 0.25) is 0 Å². The van der Waals surface area contributed by atoms with Gasteiger partial charge in [-0.2, -0.15) is 0 Å². The Hall–Kier alpha value is -0.780. The standard InChI is InChI=1S/C3H7NO4S/c1-2-8-3(5)4-9(6)7/h9H,2H2,1H3,(H,4,5,6,7). The van der Waals surface area contributed by atoms with Crippen molar-refractivity contribution in [2.45, 2.75) is 6.92 Å². The minimum atomic E-state index is -2.88. The highest BCUT2D eigenvalue weighted by atomic mass is 32.2. The summed E-state index contributed by atoms with van der Waals surface area (Å²) < 4.78 is 25.2. The zero-order valence-corrected chi connectivity index (χ0v) is 5.68. The van der Waals surface area contributed by atoms with Crippen LogP contribution < -0.4 is 4.72 Å². The first kappa shape index (κ1) is 8.22. The van der Waals surface area contributed by atoms with Crippen molar-refractivity contribution in [3.63, 3.8) is 0 Å². The van der Waals surface area contributed by atoms with E-state index >= 15 is 0 Å². The average Bonchev–Trinajstić information content (AvgIpc) is 1.63. The number of ether oxygens (including phenoxy) is 1. The van der Waals surface area contributed by atoms with Crippen LogP contribution >= 0.6 is 0 Å². The van der Waals surface area contributed by atoms with Gasteiger partial charge in [0.25, 0.3) is 0 Å². The summed E-state index contributed by atoms with van der Waals surface area (Å²) in [6.07, 6.45) is -0.936. The molecule has 1 N–H and O–H groups in total. The molecule has 1 amide bonds. The molecule has 0 radical (unpaired) electrons. The van der Waals surface area contributed by atoms with E-state index in [-0.39, 0.29) is 6.61 Å². The van der Waals surface area contributed by atoms with Crippen molar-refractivity contribution < 1.29 is 17.9 Å². The van der Waals surface area contributed by atoms with Gasteiger partial charge in [0.2, 0.25) is 10.9 Å². The normalized spacial score (nSPS) is 9.11. The molecule has 0 aromatic heterocycles. The van der Waals surface area contributed by atoms with Crippen LogP contribution in [0.1, 0.15) is 6.92 Å². The quantitative estimate of drug-likeness (QED) is 0.512. The molecule has 54 valence electrons. The summed E-state index contributed by atoms with van der Waals surface area (Å²) in [5.74, 6) is 0. The van der Waals surface area contributed by atoms with Crippen molar-refractivity contribution in [2.75, 3.05) is 6.61 Å². The number of carbonyl (C=O) groups excluding carboxylic acids is 1. The molecule has 0 rings (SSSR count). The summed E-state index contributed by atoms with van der Waals surface area (Å²) in [5, 5.41) is 0. The van der Waals surface area contributed by atoms with Crippen LogP contribution in [0.5, 0.6) is 0 Å². The number of hydrogen-bond acceptors (Lipinski definition) is 4. The largest absolute Gasteiger partial charge is 0.449 e. The molecule has 0 spiro atoms. The van der Waals surface area contributed by atoms with Gasteiger partial charge >= 0.3 is 6.09 Å². The van der Waals surface area contributed by atoms with Crippen LogP contribution in [-0.2, 0) is 15.6 Å². The fourth-order valence-electron chi connectivity index (χ4n) is 0.238. The molecule has 0 aliphatic rings. The maximum atomic E-state index is 10.1. The van der Waals surface area contributed by atoms with E-state index in [1.54, 1.807) is 6.92 Å². The molecule has 9 heavy (non-hydrogen) atoms. The van der Waals surface area contributed by atoms with E-state index < -0.39 is 17.0 Å². The Kier molecular flexibility index (Phi) is 3.78. The highest BCUT2D eigenvalue weighted by Gasteiger charge is 1.96. The van der Waals surface area contributed by atoms with E-state index in [0.29, 0.717) is 0 Å². The summed E-state index contributed by atoms with van der Waals surface area (Å²) >= 11 is 0. The van der Waals surface area contributed by atoms with Gasteiger partial charge in [0.1, 0.15) is 0 Å². The van der Waals surface area contributed by atoms with Crippen molar-refractivity contribution in [1.82, 2.24) is 4.72 Å². The molecule has 0 heterocycles. The minimum Gasteiger partial charge on any atom is -0.449 e. The van der Waals surface area contributed by atoms with Gasteiger partial charge in [-0.25, -0.2) is 17.9 Å². The number of rotatable bonds is 2. The molecule has 0 bridgehead atoms. The van der Waals surface area contributed by atoms with Gasteiger partial charge in [0.15, 0.2) is 0 Å². The number of amides is 1. The summed E-state index contributed by atoms with van der Waals surface area (Å²) in [6.45, 7) is 1.74. The highest BCUT2D eigenvalue weighted by molar-refractivity contribution is 7.70. The molecular formula is C3H7NO4S. The second-order valence-corrected chi connectivity index (χ2v) is 1.83. The maximum absolute atomic E-state index is 10.1. The molecule has 0 fully saturated rings. The van der Waals surface area contributed by atoms with Crippen LogP contribution in [0.25, 0.3) is 0 Å². The summed E-state index contributed by atoms with van der Waals surface area (Å²) in [5.41, 5.74) is 0. The predicted octanol–water partition coefficient (Wildman–Crippen LogP) is -0.741. The van der Waals surface area contributed by atoms with E-state index in [4.69, 9.17) is 0 Å². The molecule has 5 nitrogen and oxygen atoms in total. The van der Waals surface area contributed by atoms with E-state index in [0.717, 1.165) is 0 Å². The zero-order chi connectivity index (χ0) is 7.28. The van der Waals surface area contributed by atoms with Crippen LogP contribution in [-0.4, -0.2) is 21.1 Å². The number of hydrogen-bond donors (Lipinski definition) is 2. The summed E-state index contributed by atoms with van der Waals surface area (Å²) in [7, 11) is -2.88. The fraction of sp³-hybridized carbons (Fsp3) is 0.667. The lowest BCUT2D eigenvalue weighted by molar-refractivity contribution is 0.159. The number of carbonyl (C=O) groups is 1. The zero-order valence-electron chi connectivity index (χ0n) is 4.79. The molecule has 0 saturated carbocycles. The molecule has 0 atom stereocenters. The van der Waals surface area contributed by atoms with Crippen LogP contribution in [0.15, 0.2) is 0 Å². The smallest absolute Gasteiger partial charge is 0.420 e. The number of thiol groups is 1. The highest BCUT2D eigenvalue weighted by Crippen LogP contribution is 1.73. The molecule has 6 heteroatoms. The SMILES string of the molecule is CCOC(=O)N[SH](=O)=O. The lowest BCUT2D eigenvalue weighted by atomic mass is 10.9. The molecule has 0 aromatic carbocycles. The molecule has 0 aliphatic heterocycles. The second kappa shape index (κ2) is 4.13. The Bertz CT molecular complexity index is 155. The maximum Gasteiger partial charge on any atom is 0.420 e. The van der Waals surface area contributed by atoms with Gasteiger partial charge in [0, 0.05) is 0 Å². The van der Waals surface area contributed by atoms with E-state index in [1.807, 2.05) is 0 Å². The Labute approximate surface area is 54.1 Å². The number of nitrogens with one attached hydrogen (secondary N) is 1. The Morgan fingerprint density at radius 2 is 2.22 bits per heavy atom. The summed E-state index contributed by atoms with van der Waals surface area (Å²) in [4.78, 5) is 10.1. The van der Waals surface area contributed by atoms with Crippen molar-refractivity contribution in [1.29, 1.82) is 0 Å². The third-order valence-corrected chi connectivity index (χ3v) is 0.823. The lowest BCUT2D eigenvalue weighted by Crippen LogP contribution is -2.22. The van der Waals surface area contributed by atoms with Crippen LogP contribution in [0.3, 0.4) is 0 Å². The first-order chi connectivity index (χ1) is 4.16. The van der Waals surface area contributed by atoms with Gasteiger partial charge in [0.05, 0.1) is 6.61 Å². The molecule has 0 aliphatic carbocycles. The van der Waals surface area contributed by atoms with Gasteiger partial charge in [-0.1, -0.05) is 0 Å². The summed E-state index contributed by atoms with van der Waals surface area (Å²) in [6, 6.07) is 0. The van der Waals surface area contributed by atoms with Gasteiger partial charge in [-0.15, -0.1) is 0 Å². The van der Waals surface area contributed by atoms with E-state index in [9.17, 15) is 13.2 Å². The topological polar surface area (TPSA) is 72.5 Å². The molecular weight excluding hydrogens is 146 g/mol. The minimum absolute atomic E-state index is 0.162.